The van der Waals surface area contributed by atoms with E-state index in [4.69, 9.17) is 27.9 Å². The molecule has 166 valence electrons. The second-order valence-electron chi connectivity index (χ2n) is 7.20. The third kappa shape index (κ3) is 5.42. The lowest BCUT2D eigenvalue weighted by atomic mass is 10.0. The fourth-order valence-corrected chi connectivity index (χ4v) is 3.88. The number of nitrogens with one attached hydrogen (secondary N) is 1. The first kappa shape index (κ1) is 22.6. The molecule has 0 amide bonds. The van der Waals surface area contributed by atoms with Gasteiger partial charge in [0.2, 0.25) is 0 Å². The third-order valence-electron chi connectivity index (χ3n) is 5.07. The summed E-state index contributed by atoms with van der Waals surface area (Å²) in [5.74, 6) is 0.647. The molecule has 33 heavy (non-hydrogen) atoms. The largest absolute Gasteiger partial charge is 0.488 e. The highest BCUT2D eigenvalue weighted by molar-refractivity contribution is 6.35. The maximum atomic E-state index is 10.9. The molecule has 0 aliphatic rings. The number of nitro groups is 1. The Morgan fingerprint density at radius 3 is 2.39 bits per heavy atom. The fourth-order valence-electron chi connectivity index (χ4n) is 3.35. The number of nitrogens with zero attached hydrogens (tertiary/aromatic N) is 2. The van der Waals surface area contributed by atoms with E-state index in [1.54, 1.807) is 36.5 Å². The summed E-state index contributed by atoms with van der Waals surface area (Å²) in [6, 6.07) is 23.5. The van der Waals surface area contributed by atoms with Crippen LogP contribution in [0.3, 0.4) is 0 Å². The van der Waals surface area contributed by atoms with Crippen molar-refractivity contribution >= 4 is 45.9 Å². The highest BCUT2D eigenvalue weighted by atomic mass is 35.5. The second-order valence-corrected chi connectivity index (χ2v) is 8.02. The van der Waals surface area contributed by atoms with Gasteiger partial charge in [-0.15, -0.1) is 0 Å². The number of non-ortho nitro benzene ring substituents is 1. The van der Waals surface area contributed by atoms with Gasteiger partial charge < -0.3 is 10.2 Å². The van der Waals surface area contributed by atoms with Crippen LogP contribution < -0.4 is 10.2 Å². The highest BCUT2D eigenvalue weighted by Crippen LogP contribution is 2.28. The normalized spacial score (nSPS) is 11.1. The number of hydrogen-bond donors (Lipinski definition) is 1. The minimum absolute atomic E-state index is 0.0435. The van der Waals surface area contributed by atoms with Crippen molar-refractivity contribution in [1.82, 2.24) is 5.43 Å². The van der Waals surface area contributed by atoms with Crippen molar-refractivity contribution in [3.63, 3.8) is 0 Å². The number of halogens is 2. The molecule has 4 aromatic rings. The van der Waals surface area contributed by atoms with Crippen LogP contribution in [0.2, 0.25) is 10.0 Å². The number of hydrazone groups is 1. The molecule has 0 aliphatic heterocycles. The monoisotopic (exact) mass is 479 g/mol. The van der Waals surface area contributed by atoms with E-state index in [0.717, 1.165) is 27.5 Å². The molecule has 0 fully saturated rings. The van der Waals surface area contributed by atoms with Gasteiger partial charge in [0.1, 0.15) is 12.4 Å². The van der Waals surface area contributed by atoms with Crippen LogP contribution in [0.25, 0.3) is 10.8 Å². The molecule has 0 aliphatic carbocycles. The van der Waals surface area contributed by atoms with E-state index >= 15 is 0 Å². The Balaban J connectivity index is 1.54. The van der Waals surface area contributed by atoms with E-state index in [9.17, 15) is 10.1 Å². The van der Waals surface area contributed by atoms with Gasteiger partial charge >= 0.3 is 0 Å². The van der Waals surface area contributed by atoms with Crippen LogP contribution in [-0.2, 0) is 13.2 Å². The van der Waals surface area contributed by atoms with Crippen molar-refractivity contribution in [1.29, 1.82) is 0 Å². The predicted octanol–water partition coefficient (Wildman–Crippen LogP) is 6.76. The molecule has 0 saturated carbocycles. The Hall–Kier alpha value is -3.61. The summed E-state index contributed by atoms with van der Waals surface area (Å²) < 4.78 is 6.05. The summed E-state index contributed by atoms with van der Waals surface area (Å²) in [5, 5.41) is 18.4. The summed E-state index contributed by atoms with van der Waals surface area (Å²) >= 11 is 12.4. The number of rotatable bonds is 8. The Morgan fingerprint density at radius 2 is 1.67 bits per heavy atom. The second kappa shape index (κ2) is 10.3. The van der Waals surface area contributed by atoms with Gasteiger partial charge in [-0.05, 0) is 46.7 Å². The topological polar surface area (TPSA) is 76.8 Å². The molecule has 0 saturated heterocycles. The van der Waals surface area contributed by atoms with Gasteiger partial charge in [0, 0.05) is 33.3 Å². The number of fused-ring (bicyclic) bond motifs is 1. The van der Waals surface area contributed by atoms with Crippen LogP contribution in [-0.4, -0.2) is 11.1 Å². The van der Waals surface area contributed by atoms with Gasteiger partial charge in [-0.2, -0.15) is 5.10 Å². The van der Waals surface area contributed by atoms with E-state index < -0.39 is 4.92 Å². The molecule has 0 bridgehead atoms. The lowest BCUT2D eigenvalue weighted by Crippen LogP contribution is -2.07. The molecule has 6 nitrogen and oxygen atoms in total. The molecular weight excluding hydrogens is 461 g/mol. The fraction of sp³-hybridized carbons (Fsp3) is 0.0800. The maximum Gasteiger partial charge on any atom is 0.269 e. The van der Waals surface area contributed by atoms with Crippen LogP contribution in [0.5, 0.6) is 5.75 Å². The molecule has 0 heterocycles. The van der Waals surface area contributed by atoms with Gasteiger partial charge in [0.05, 0.1) is 17.7 Å². The minimum Gasteiger partial charge on any atom is -0.488 e. The molecule has 4 rings (SSSR count). The molecule has 0 aromatic heterocycles. The summed E-state index contributed by atoms with van der Waals surface area (Å²) in [5.41, 5.74) is 5.44. The molecule has 0 spiro atoms. The zero-order valence-corrected chi connectivity index (χ0v) is 18.9. The van der Waals surface area contributed by atoms with Crippen LogP contribution >= 0.6 is 23.2 Å². The van der Waals surface area contributed by atoms with Gasteiger partial charge in [0.15, 0.2) is 0 Å². The first-order valence-corrected chi connectivity index (χ1v) is 10.9. The average molecular weight is 480 g/mol. The highest BCUT2D eigenvalue weighted by Gasteiger charge is 2.09. The molecule has 0 atom stereocenters. The zero-order chi connectivity index (χ0) is 23.2. The Morgan fingerprint density at radius 1 is 0.939 bits per heavy atom. The van der Waals surface area contributed by atoms with Gasteiger partial charge in [-0.3, -0.25) is 10.1 Å². The SMILES string of the molecule is O=[N+]([O-])c1ccc(COc2ccc3ccccc3c2/C=N/NCc2c(Cl)cccc2Cl)cc1. The number of hydrogen-bond acceptors (Lipinski definition) is 5. The molecule has 0 radical (unpaired) electrons. The predicted molar refractivity (Wildman–Crippen MR) is 132 cm³/mol. The maximum absolute atomic E-state index is 10.9. The van der Waals surface area contributed by atoms with E-state index in [2.05, 4.69) is 10.5 Å². The van der Waals surface area contributed by atoms with E-state index in [0.29, 0.717) is 22.3 Å². The minimum atomic E-state index is -0.425. The van der Waals surface area contributed by atoms with E-state index in [1.165, 1.54) is 12.1 Å². The van der Waals surface area contributed by atoms with Gasteiger partial charge in [-0.1, -0.05) is 59.6 Å². The van der Waals surface area contributed by atoms with Crippen molar-refractivity contribution < 1.29 is 9.66 Å². The third-order valence-corrected chi connectivity index (χ3v) is 5.78. The number of ether oxygens (including phenoxy) is 1. The van der Waals surface area contributed by atoms with Crippen LogP contribution in [0.4, 0.5) is 5.69 Å². The molecule has 8 heteroatoms. The summed E-state index contributed by atoms with van der Waals surface area (Å²) in [7, 11) is 0. The van der Waals surface area contributed by atoms with Gasteiger partial charge in [-0.25, -0.2) is 0 Å². The van der Waals surface area contributed by atoms with Gasteiger partial charge in [0.25, 0.3) is 5.69 Å². The van der Waals surface area contributed by atoms with Crippen molar-refractivity contribution in [2.24, 2.45) is 5.10 Å². The Kier molecular flexibility index (Phi) is 7.07. The average Bonchev–Trinajstić information content (AvgIpc) is 2.82. The van der Waals surface area contributed by atoms with Crippen molar-refractivity contribution in [2.45, 2.75) is 13.2 Å². The smallest absolute Gasteiger partial charge is 0.269 e. The summed E-state index contributed by atoms with van der Waals surface area (Å²) in [4.78, 5) is 10.4. The standard InChI is InChI=1S/C25H19Cl2N3O3/c26-23-6-3-7-24(27)22(23)15-29-28-14-21-20-5-2-1-4-18(20)10-13-25(21)33-16-17-8-11-19(12-9-17)30(31)32/h1-14,29H,15-16H2/b28-14+. The van der Waals surface area contributed by atoms with Crippen LogP contribution in [0.1, 0.15) is 16.7 Å². The summed E-state index contributed by atoms with van der Waals surface area (Å²) in [6.07, 6.45) is 1.71. The first-order chi connectivity index (χ1) is 16.0. The lowest BCUT2D eigenvalue weighted by Gasteiger charge is -2.12. The first-order valence-electron chi connectivity index (χ1n) is 10.1. The number of nitro benzene ring substituents is 1. The van der Waals surface area contributed by atoms with Crippen molar-refractivity contribution in [3.05, 3.63) is 116 Å². The zero-order valence-electron chi connectivity index (χ0n) is 17.4. The summed E-state index contributed by atoms with van der Waals surface area (Å²) in [6.45, 7) is 0.637. The van der Waals surface area contributed by atoms with E-state index in [1.807, 2.05) is 36.4 Å². The molecule has 4 aromatic carbocycles. The lowest BCUT2D eigenvalue weighted by molar-refractivity contribution is -0.384. The van der Waals surface area contributed by atoms with E-state index in [-0.39, 0.29) is 12.3 Å². The molecular formula is C25H19Cl2N3O3. The Labute approximate surface area is 200 Å². The van der Waals surface area contributed by atoms with Crippen LogP contribution in [0, 0.1) is 10.1 Å². The molecule has 0 unspecified atom stereocenters. The van der Waals surface area contributed by atoms with Crippen LogP contribution in [0.15, 0.2) is 84.0 Å². The Bertz CT molecular complexity index is 1300. The van der Waals surface area contributed by atoms with Crippen molar-refractivity contribution in [3.8, 4) is 5.75 Å². The molecule has 1 N–H and O–H groups in total. The quantitative estimate of drug-likeness (QED) is 0.172. The number of benzene rings is 4. The van der Waals surface area contributed by atoms with Crippen molar-refractivity contribution in [2.75, 3.05) is 0 Å².